The molecule has 0 aromatic heterocycles. The predicted molar refractivity (Wildman–Crippen MR) is 120 cm³/mol. The first-order valence-corrected chi connectivity index (χ1v) is 11.1. The summed E-state index contributed by atoms with van der Waals surface area (Å²) in [5.41, 5.74) is -0.891. The van der Waals surface area contributed by atoms with Crippen molar-refractivity contribution >= 4 is 29.2 Å². The average molecular weight is 470 g/mol. The third kappa shape index (κ3) is 4.46. The van der Waals surface area contributed by atoms with Gasteiger partial charge in [0.2, 0.25) is 0 Å². The zero-order valence-corrected chi connectivity index (χ0v) is 19.5. The van der Waals surface area contributed by atoms with Crippen molar-refractivity contribution in [2.24, 2.45) is 5.41 Å². The van der Waals surface area contributed by atoms with E-state index in [0.29, 0.717) is 23.4 Å². The number of halogens is 4. The zero-order chi connectivity index (χ0) is 23.1. The van der Waals surface area contributed by atoms with Gasteiger partial charge in [0.1, 0.15) is 17.7 Å². The van der Waals surface area contributed by atoms with Crippen LogP contribution in [0.1, 0.15) is 57.6 Å². The Kier molecular flexibility index (Phi) is 6.71. The van der Waals surface area contributed by atoms with E-state index in [1.807, 2.05) is 27.7 Å². The second kappa shape index (κ2) is 8.68. The zero-order valence-electron chi connectivity index (χ0n) is 18.0. The summed E-state index contributed by atoms with van der Waals surface area (Å²) in [5, 5.41) is 13.7. The molecule has 0 radical (unpaired) electrons. The normalized spacial score (nSPS) is 26.3. The van der Waals surface area contributed by atoms with Gasteiger partial charge in [0.25, 0.3) is 0 Å². The van der Waals surface area contributed by atoms with Crippen LogP contribution in [-0.4, -0.2) is 23.2 Å². The van der Waals surface area contributed by atoms with E-state index < -0.39 is 41.0 Å². The van der Waals surface area contributed by atoms with Gasteiger partial charge in [-0.05, 0) is 48.1 Å². The molecule has 2 aromatic carbocycles. The molecule has 3 nitrogen and oxygen atoms in total. The second-order valence-electron chi connectivity index (χ2n) is 9.47. The van der Waals surface area contributed by atoms with E-state index in [1.165, 1.54) is 0 Å². The van der Waals surface area contributed by atoms with Crippen molar-refractivity contribution in [3.63, 3.8) is 0 Å². The molecule has 1 aliphatic heterocycles. The Labute approximate surface area is 191 Å². The van der Waals surface area contributed by atoms with Gasteiger partial charge in [-0.3, -0.25) is 4.79 Å². The fraction of sp³-hybridized carbons (Fsp3) is 0.458. The SMILES string of the molecule is CCC1(c2c(F)cc(Cl)cc2F)C(CC(C)(C)C)NC(C(=O)O)C1c1cccc(Cl)c1. The van der Waals surface area contributed by atoms with Crippen LogP contribution in [-0.2, 0) is 10.2 Å². The average Bonchev–Trinajstić information content (AvgIpc) is 2.94. The van der Waals surface area contributed by atoms with Crippen molar-refractivity contribution in [3.8, 4) is 0 Å². The smallest absolute Gasteiger partial charge is 0.321 e. The van der Waals surface area contributed by atoms with Gasteiger partial charge in [0.05, 0.1) is 0 Å². The Bertz CT molecular complexity index is 969. The number of rotatable bonds is 5. The molecule has 31 heavy (non-hydrogen) atoms. The molecule has 2 N–H and O–H groups in total. The molecule has 0 amide bonds. The molecule has 1 heterocycles. The molecule has 2 aromatic rings. The largest absolute Gasteiger partial charge is 0.480 e. The fourth-order valence-electron chi connectivity index (χ4n) is 5.19. The van der Waals surface area contributed by atoms with E-state index in [2.05, 4.69) is 5.32 Å². The number of nitrogens with one attached hydrogen (secondary N) is 1. The Morgan fingerprint density at radius 3 is 2.23 bits per heavy atom. The summed E-state index contributed by atoms with van der Waals surface area (Å²) >= 11 is 12.1. The van der Waals surface area contributed by atoms with Crippen LogP contribution in [0.25, 0.3) is 0 Å². The summed E-state index contributed by atoms with van der Waals surface area (Å²) in [7, 11) is 0. The first kappa shape index (κ1) is 24.0. The van der Waals surface area contributed by atoms with E-state index in [0.717, 1.165) is 12.1 Å². The summed E-state index contributed by atoms with van der Waals surface area (Å²) in [6.07, 6.45) is 0.834. The van der Waals surface area contributed by atoms with Crippen molar-refractivity contribution in [2.75, 3.05) is 0 Å². The van der Waals surface area contributed by atoms with Crippen molar-refractivity contribution in [2.45, 2.75) is 64.0 Å². The van der Waals surface area contributed by atoms with E-state index in [4.69, 9.17) is 23.2 Å². The molecule has 0 aliphatic carbocycles. The van der Waals surface area contributed by atoms with Gasteiger partial charge in [0.15, 0.2) is 0 Å². The molecule has 7 heteroatoms. The van der Waals surface area contributed by atoms with Crippen LogP contribution < -0.4 is 5.32 Å². The molecule has 0 saturated carbocycles. The maximum atomic E-state index is 15.4. The van der Waals surface area contributed by atoms with Gasteiger partial charge in [-0.1, -0.05) is 63.0 Å². The van der Waals surface area contributed by atoms with Gasteiger partial charge < -0.3 is 10.4 Å². The predicted octanol–water partition coefficient (Wildman–Crippen LogP) is 6.56. The third-order valence-electron chi connectivity index (χ3n) is 6.24. The molecule has 4 atom stereocenters. The van der Waals surface area contributed by atoms with Crippen LogP contribution in [0.3, 0.4) is 0 Å². The lowest BCUT2D eigenvalue weighted by atomic mass is 9.60. The Morgan fingerprint density at radius 2 is 1.74 bits per heavy atom. The number of carbonyl (C=O) groups is 1. The molecule has 0 bridgehead atoms. The molecule has 1 aliphatic rings. The molecule has 4 unspecified atom stereocenters. The van der Waals surface area contributed by atoms with Crippen LogP contribution in [0.15, 0.2) is 36.4 Å². The van der Waals surface area contributed by atoms with Crippen molar-refractivity contribution in [3.05, 3.63) is 69.2 Å². The van der Waals surface area contributed by atoms with Gasteiger partial charge in [-0.15, -0.1) is 0 Å². The summed E-state index contributed by atoms with van der Waals surface area (Å²) in [6.45, 7) is 7.90. The molecule has 1 fully saturated rings. The van der Waals surface area contributed by atoms with E-state index in [1.54, 1.807) is 24.3 Å². The van der Waals surface area contributed by atoms with E-state index in [-0.39, 0.29) is 16.0 Å². The summed E-state index contributed by atoms with van der Waals surface area (Å²) in [5.74, 6) is -3.36. The Morgan fingerprint density at radius 1 is 1.13 bits per heavy atom. The van der Waals surface area contributed by atoms with Crippen LogP contribution in [0.2, 0.25) is 10.0 Å². The molecular weight excluding hydrogens is 443 g/mol. The highest BCUT2D eigenvalue weighted by molar-refractivity contribution is 6.30. The van der Waals surface area contributed by atoms with Crippen LogP contribution in [0.4, 0.5) is 8.78 Å². The van der Waals surface area contributed by atoms with E-state index >= 15 is 8.78 Å². The maximum absolute atomic E-state index is 15.4. The van der Waals surface area contributed by atoms with Gasteiger partial charge in [0, 0.05) is 33.0 Å². The standard InChI is InChI=1S/C24H27Cl2F2NO2/c1-5-24(20-16(27)10-15(26)11-17(20)28)18(12-23(2,3)4)29-21(22(30)31)19(24)13-7-6-8-14(25)9-13/h6-11,18-19,21,29H,5,12H2,1-4H3,(H,30,31). The first-order chi connectivity index (χ1) is 14.4. The number of carboxylic acids is 1. The highest BCUT2D eigenvalue weighted by Gasteiger charge is 2.59. The van der Waals surface area contributed by atoms with Gasteiger partial charge >= 0.3 is 5.97 Å². The highest BCUT2D eigenvalue weighted by Crippen LogP contribution is 2.54. The van der Waals surface area contributed by atoms with Gasteiger partial charge in [-0.25, -0.2) is 8.78 Å². The fourth-order valence-corrected chi connectivity index (χ4v) is 5.58. The molecule has 1 saturated heterocycles. The van der Waals surface area contributed by atoms with Crippen molar-refractivity contribution < 1.29 is 18.7 Å². The monoisotopic (exact) mass is 469 g/mol. The topological polar surface area (TPSA) is 49.3 Å². The lowest BCUT2D eigenvalue weighted by molar-refractivity contribution is -0.139. The van der Waals surface area contributed by atoms with Crippen LogP contribution in [0.5, 0.6) is 0 Å². The van der Waals surface area contributed by atoms with Crippen molar-refractivity contribution in [1.29, 1.82) is 0 Å². The second-order valence-corrected chi connectivity index (χ2v) is 10.3. The lowest BCUT2D eigenvalue weighted by Crippen LogP contribution is -2.45. The van der Waals surface area contributed by atoms with Crippen LogP contribution in [0, 0.1) is 17.0 Å². The highest BCUT2D eigenvalue weighted by atomic mass is 35.5. The number of carboxylic acid groups (broad SMARTS) is 1. The number of hydrogen-bond acceptors (Lipinski definition) is 2. The molecule has 168 valence electrons. The molecule has 0 spiro atoms. The summed E-state index contributed by atoms with van der Waals surface area (Å²) in [4.78, 5) is 12.3. The van der Waals surface area contributed by atoms with Crippen LogP contribution >= 0.6 is 23.2 Å². The quantitative estimate of drug-likeness (QED) is 0.520. The minimum Gasteiger partial charge on any atom is -0.480 e. The lowest BCUT2D eigenvalue weighted by Gasteiger charge is -2.42. The number of hydrogen-bond donors (Lipinski definition) is 2. The minimum absolute atomic E-state index is 0.0441. The third-order valence-corrected chi connectivity index (χ3v) is 6.69. The molecule has 3 rings (SSSR count). The minimum atomic E-state index is -1.17. The van der Waals surface area contributed by atoms with Crippen molar-refractivity contribution in [1.82, 2.24) is 5.32 Å². The Balaban J connectivity index is 2.37. The number of benzene rings is 2. The maximum Gasteiger partial charge on any atom is 0.321 e. The first-order valence-electron chi connectivity index (χ1n) is 10.3. The summed E-state index contributed by atoms with van der Waals surface area (Å²) < 4.78 is 30.7. The number of aliphatic carboxylic acids is 1. The van der Waals surface area contributed by atoms with E-state index in [9.17, 15) is 9.90 Å². The van der Waals surface area contributed by atoms with Gasteiger partial charge in [-0.2, -0.15) is 0 Å². The molecular formula is C24H27Cl2F2NO2. The Hall–Kier alpha value is -1.69. The summed E-state index contributed by atoms with van der Waals surface area (Å²) in [6, 6.07) is 7.51.